The predicted molar refractivity (Wildman–Crippen MR) is 132 cm³/mol. The lowest BCUT2D eigenvalue weighted by atomic mass is 10.1. The number of anilines is 1. The Labute approximate surface area is 199 Å². The highest BCUT2D eigenvalue weighted by Crippen LogP contribution is 2.29. The molecule has 1 aromatic heterocycles. The molecular weight excluding hydrogens is 456 g/mol. The number of sulfonamides is 1. The SMILES string of the molecule is CCCCn1nc(C(=O)Nc2cc(S(=O)(=O)N(CC)CC)ccc2OC)c2ccccc2c1=O. The van der Waals surface area contributed by atoms with Crippen LogP contribution in [0.3, 0.4) is 0 Å². The molecule has 1 heterocycles. The first-order valence-electron chi connectivity index (χ1n) is 11.3. The number of rotatable bonds is 10. The van der Waals surface area contributed by atoms with Gasteiger partial charge in [0.15, 0.2) is 5.69 Å². The van der Waals surface area contributed by atoms with Crippen molar-refractivity contribution in [1.29, 1.82) is 0 Å². The molecule has 0 aliphatic heterocycles. The summed E-state index contributed by atoms with van der Waals surface area (Å²) in [5.41, 5.74) is 0.00812. The number of methoxy groups -OCH3 is 1. The monoisotopic (exact) mass is 486 g/mol. The zero-order chi connectivity index (χ0) is 24.9. The number of unbranched alkanes of at least 4 members (excludes halogenated alkanes) is 1. The number of aromatic nitrogens is 2. The van der Waals surface area contributed by atoms with Crippen LogP contribution in [0.25, 0.3) is 10.8 Å². The van der Waals surface area contributed by atoms with Crippen molar-refractivity contribution in [1.82, 2.24) is 14.1 Å². The van der Waals surface area contributed by atoms with E-state index in [0.29, 0.717) is 36.2 Å². The van der Waals surface area contributed by atoms with Crippen LogP contribution in [0.1, 0.15) is 44.1 Å². The zero-order valence-corrected chi connectivity index (χ0v) is 20.7. The number of carbonyl (C=O) groups is 1. The highest BCUT2D eigenvalue weighted by atomic mass is 32.2. The first-order chi connectivity index (χ1) is 16.3. The lowest BCUT2D eigenvalue weighted by Gasteiger charge is -2.19. The van der Waals surface area contributed by atoms with Gasteiger partial charge in [-0.15, -0.1) is 0 Å². The third kappa shape index (κ3) is 4.97. The number of nitrogens with one attached hydrogen (secondary N) is 1. The van der Waals surface area contributed by atoms with E-state index in [1.165, 1.54) is 34.3 Å². The average molecular weight is 487 g/mol. The molecule has 10 heteroatoms. The third-order valence-electron chi connectivity index (χ3n) is 5.57. The molecule has 0 aliphatic rings. The molecule has 182 valence electrons. The number of benzene rings is 2. The summed E-state index contributed by atoms with van der Waals surface area (Å²) < 4.78 is 33.9. The lowest BCUT2D eigenvalue weighted by Crippen LogP contribution is -2.30. The van der Waals surface area contributed by atoms with Gasteiger partial charge in [0.2, 0.25) is 10.0 Å². The van der Waals surface area contributed by atoms with Gasteiger partial charge in [0.05, 0.1) is 23.1 Å². The molecule has 0 fully saturated rings. The fourth-order valence-electron chi connectivity index (χ4n) is 3.70. The molecule has 9 nitrogen and oxygen atoms in total. The first kappa shape index (κ1) is 25.4. The fraction of sp³-hybridized carbons (Fsp3) is 0.375. The molecule has 0 bridgehead atoms. The number of carbonyl (C=O) groups excluding carboxylic acids is 1. The van der Waals surface area contributed by atoms with E-state index in [0.717, 1.165) is 12.8 Å². The maximum absolute atomic E-state index is 13.3. The molecule has 0 unspecified atom stereocenters. The summed E-state index contributed by atoms with van der Waals surface area (Å²) in [7, 11) is -2.31. The molecule has 0 spiro atoms. The van der Waals surface area contributed by atoms with Crippen molar-refractivity contribution in [3.8, 4) is 5.75 Å². The van der Waals surface area contributed by atoms with Crippen LogP contribution in [0, 0.1) is 0 Å². The molecule has 0 aliphatic carbocycles. The highest BCUT2D eigenvalue weighted by molar-refractivity contribution is 7.89. The molecule has 34 heavy (non-hydrogen) atoms. The van der Waals surface area contributed by atoms with Crippen LogP contribution >= 0.6 is 0 Å². The summed E-state index contributed by atoms with van der Waals surface area (Å²) >= 11 is 0. The summed E-state index contributed by atoms with van der Waals surface area (Å²) in [6, 6.07) is 11.1. The van der Waals surface area contributed by atoms with Gasteiger partial charge in [-0.3, -0.25) is 9.59 Å². The van der Waals surface area contributed by atoms with Crippen molar-refractivity contribution < 1.29 is 17.9 Å². The topological polar surface area (TPSA) is 111 Å². The molecule has 0 atom stereocenters. The minimum atomic E-state index is -3.74. The molecule has 0 saturated heterocycles. The van der Waals surface area contributed by atoms with Gasteiger partial charge >= 0.3 is 0 Å². The fourth-order valence-corrected chi connectivity index (χ4v) is 5.19. The van der Waals surface area contributed by atoms with Gasteiger partial charge in [-0.05, 0) is 30.7 Å². The van der Waals surface area contributed by atoms with Gasteiger partial charge in [0, 0.05) is 25.0 Å². The second kappa shape index (κ2) is 10.8. The number of hydrogen-bond donors (Lipinski definition) is 1. The maximum Gasteiger partial charge on any atom is 0.276 e. The van der Waals surface area contributed by atoms with Crippen LogP contribution in [-0.2, 0) is 16.6 Å². The largest absolute Gasteiger partial charge is 0.495 e. The standard InChI is InChI=1S/C24H30N4O5S/c1-5-8-15-28-24(30)19-12-10-9-11-18(19)22(26-28)23(29)25-20-16-17(13-14-21(20)33-4)34(31,32)27(6-2)7-3/h9-14,16H,5-8,15H2,1-4H3,(H,25,29). The van der Waals surface area contributed by atoms with Gasteiger partial charge < -0.3 is 10.1 Å². The van der Waals surface area contributed by atoms with Crippen LogP contribution in [-0.4, -0.2) is 48.6 Å². The third-order valence-corrected chi connectivity index (χ3v) is 7.61. The van der Waals surface area contributed by atoms with E-state index in [9.17, 15) is 18.0 Å². The normalized spacial score (nSPS) is 11.7. The Morgan fingerprint density at radius 3 is 2.38 bits per heavy atom. The number of aryl methyl sites for hydroxylation is 1. The summed E-state index contributed by atoms with van der Waals surface area (Å²) in [6.45, 7) is 6.56. The maximum atomic E-state index is 13.3. The van der Waals surface area contributed by atoms with Crippen LogP contribution < -0.4 is 15.6 Å². The Morgan fingerprint density at radius 1 is 1.09 bits per heavy atom. The Bertz CT molecular complexity index is 1350. The van der Waals surface area contributed by atoms with E-state index in [2.05, 4.69) is 10.4 Å². The van der Waals surface area contributed by atoms with Crippen molar-refractivity contribution in [2.75, 3.05) is 25.5 Å². The van der Waals surface area contributed by atoms with E-state index in [4.69, 9.17) is 4.74 Å². The van der Waals surface area contributed by atoms with Crippen LogP contribution in [0.2, 0.25) is 0 Å². The van der Waals surface area contributed by atoms with E-state index in [-0.39, 0.29) is 21.8 Å². The molecule has 1 amide bonds. The van der Waals surface area contributed by atoms with Gasteiger partial charge in [-0.2, -0.15) is 9.40 Å². The van der Waals surface area contributed by atoms with Crippen LogP contribution in [0.5, 0.6) is 5.75 Å². The number of ether oxygens (including phenoxy) is 1. The van der Waals surface area contributed by atoms with Crippen molar-refractivity contribution in [3.05, 3.63) is 58.5 Å². The minimum absolute atomic E-state index is 0.0398. The van der Waals surface area contributed by atoms with E-state index in [1.807, 2.05) is 6.92 Å². The molecule has 3 rings (SSSR count). The Balaban J connectivity index is 2.08. The summed E-state index contributed by atoms with van der Waals surface area (Å²) in [4.78, 5) is 26.2. The second-order valence-electron chi connectivity index (χ2n) is 7.68. The van der Waals surface area contributed by atoms with E-state index in [1.54, 1.807) is 38.1 Å². The van der Waals surface area contributed by atoms with Gasteiger partial charge in [-0.1, -0.05) is 45.4 Å². The molecule has 0 saturated carbocycles. The Morgan fingerprint density at radius 2 is 1.76 bits per heavy atom. The molecule has 0 radical (unpaired) electrons. The van der Waals surface area contributed by atoms with Crippen molar-refractivity contribution in [2.45, 2.75) is 45.1 Å². The van der Waals surface area contributed by atoms with Gasteiger partial charge in [0.1, 0.15) is 5.75 Å². The highest BCUT2D eigenvalue weighted by Gasteiger charge is 2.24. The van der Waals surface area contributed by atoms with Crippen LogP contribution in [0.4, 0.5) is 5.69 Å². The van der Waals surface area contributed by atoms with E-state index >= 15 is 0 Å². The summed E-state index contributed by atoms with van der Waals surface area (Å²) in [5, 5.41) is 7.89. The minimum Gasteiger partial charge on any atom is -0.495 e. The van der Waals surface area contributed by atoms with Crippen molar-refractivity contribution in [3.63, 3.8) is 0 Å². The smallest absolute Gasteiger partial charge is 0.276 e. The number of amides is 1. The molecular formula is C24H30N4O5S. The second-order valence-corrected chi connectivity index (χ2v) is 9.62. The first-order valence-corrected chi connectivity index (χ1v) is 12.7. The summed E-state index contributed by atoms with van der Waals surface area (Å²) in [6.07, 6.45) is 1.61. The van der Waals surface area contributed by atoms with Gasteiger partial charge in [-0.25, -0.2) is 13.1 Å². The van der Waals surface area contributed by atoms with Crippen molar-refractivity contribution >= 4 is 32.4 Å². The van der Waals surface area contributed by atoms with Crippen molar-refractivity contribution in [2.24, 2.45) is 0 Å². The molecule has 1 N–H and O–H groups in total. The Hall–Kier alpha value is -3.24. The van der Waals surface area contributed by atoms with Crippen LogP contribution in [0.15, 0.2) is 52.2 Å². The summed E-state index contributed by atoms with van der Waals surface area (Å²) in [5.74, 6) is -0.271. The lowest BCUT2D eigenvalue weighted by molar-refractivity contribution is 0.102. The number of fused-ring (bicyclic) bond motifs is 1. The number of hydrogen-bond acceptors (Lipinski definition) is 6. The average Bonchev–Trinajstić information content (AvgIpc) is 2.84. The van der Waals surface area contributed by atoms with E-state index < -0.39 is 15.9 Å². The van der Waals surface area contributed by atoms with Gasteiger partial charge in [0.25, 0.3) is 11.5 Å². The molecule has 2 aromatic carbocycles. The molecule has 3 aromatic rings. The number of nitrogens with zero attached hydrogens (tertiary/aromatic N) is 3. The quantitative estimate of drug-likeness (QED) is 0.470. The Kier molecular flexibility index (Phi) is 8.06. The zero-order valence-electron chi connectivity index (χ0n) is 19.9. The predicted octanol–water partition coefficient (Wildman–Crippen LogP) is 3.49.